The fourth-order valence-electron chi connectivity index (χ4n) is 3.65. The van der Waals surface area contributed by atoms with Crippen LogP contribution in [0.1, 0.15) is 58.4 Å². The Labute approximate surface area is 125 Å². The number of carboxylic acid groups (broad SMARTS) is 1. The molecule has 3 nitrogen and oxygen atoms in total. The molecule has 0 aliphatic carbocycles. The van der Waals surface area contributed by atoms with Crippen molar-refractivity contribution in [3.05, 3.63) is 29.6 Å². The largest absolute Gasteiger partial charge is 0.480 e. The van der Waals surface area contributed by atoms with E-state index < -0.39 is 12.0 Å². The quantitative estimate of drug-likeness (QED) is 0.905. The molecule has 0 amide bonds. The second kappa shape index (κ2) is 5.66. The number of benzene rings is 1. The minimum Gasteiger partial charge on any atom is -0.480 e. The Morgan fingerprint density at radius 2 is 2.19 bits per heavy atom. The van der Waals surface area contributed by atoms with Crippen LogP contribution in [0.5, 0.6) is 0 Å². The van der Waals surface area contributed by atoms with E-state index in [1.165, 1.54) is 6.07 Å². The monoisotopic (exact) mass is 293 g/mol. The van der Waals surface area contributed by atoms with Gasteiger partial charge in [0.15, 0.2) is 0 Å². The summed E-state index contributed by atoms with van der Waals surface area (Å²) in [7, 11) is 0. The molecule has 4 heteroatoms. The van der Waals surface area contributed by atoms with Gasteiger partial charge >= 0.3 is 5.97 Å². The molecule has 0 saturated heterocycles. The summed E-state index contributed by atoms with van der Waals surface area (Å²) in [5.74, 6) is -0.851. The van der Waals surface area contributed by atoms with Gasteiger partial charge in [-0.2, -0.15) is 0 Å². The smallest absolute Gasteiger partial charge is 0.326 e. The Hall–Kier alpha value is -1.58. The third-order valence-corrected chi connectivity index (χ3v) is 4.40. The number of halogens is 1. The topological polar surface area (TPSA) is 40.5 Å². The van der Waals surface area contributed by atoms with Crippen molar-refractivity contribution < 1.29 is 14.3 Å². The lowest BCUT2D eigenvalue weighted by atomic mass is 9.78. The van der Waals surface area contributed by atoms with Gasteiger partial charge in [0.25, 0.3) is 0 Å². The molecule has 0 unspecified atom stereocenters. The van der Waals surface area contributed by atoms with Crippen molar-refractivity contribution in [1.82, 2.24) is 0 Å². The lowest BCUT2D eigenvalue weighted by Gasteiger charge is -2.50. The van der Waals surface area contributed by atoms with Crippen LogP contribution in [0.4, 0.5) is 10.1 Å². The first-order valence-corrected chi connectivity index (χ1v) is 7.59. The fraction of sp³-hybridized carbons (Fsp3) is 0.588. The number of fused-ring (bicyclic) bond motifs is 1. The van der Waals surface area contributed by atoms with Crippen LogP contribution in [0.15, 0.2) is 18.2 Å². The Morgan fingerprint density at radius 3 is 2.76 bits per heavy atom. The summed E-state index contributed by atoms with van der Waals surface area (Å²) in [6.45, 7) is 8.21. The molecule has 0 fully saturated rings. The Morgan fingerprint density at radius 1 is 1.52 bits per heavy atom. The molecular formula is C17H24FNO2. The third-order valence-electron chi connectivity index (χ3n) is 4.40. The van der Waals surface area contributed by atoms with Crippen LogP contribution in [0.3, 0.4) is 0 Å². The van der Waals surface area contributed by atoms with Crippen molar-refractivity contribution in [1.29, 1.82) is 0 Å². The third kappa shape index (κ3) is 2.89. The first-order chi connectivity index (χ1) is 9.77. The molecule has 0 spiro atoms. The maximum absolute atomic E-state index is 13.6. The number of carbonyl (C=O) groups is 1. The highest BCUT2D eigenvalue weighted by Crippen LogP contribution is 2.45. The van der Waals surface area contributed by atoms with Gasteiger partial charge in [0.05, 0.1) is 0 Å². The molecule has 2 atom stereocenters. The van der Waals surface area contributed by atoms with Gasteiger partial charge < -0.3 is 10.0 Å². The molecule has 0 bridgehead atoms. The average Bonchev–Trinajstić information content (AvgIpc) is 2.37. The molecule has 0 saturated carbocycles. The molecule has 1 aromatic carbocycles. The lowest BCUT2D eigenvalue weighted by Crippen LogP contribution is -2.56. The van der Waals surface area contributed by atoms with Crippen molar-refractivity contribution in [2.45, 2.75) is 64.5 Å². The summed E-state index contributed by atoms with van der Waals surface area (Å²) in [5, 5.41) is 9.62. The maximum Gasteiger partial charge on any atom is 0.326 e. The molecule has 1 N–H and O–H groups in total. The van der Waals surface area contributed by atoms with Gasteiger partial charge in [-0.25, -0.2) is 9.18 Å². The number of aliphatic carboxylic acids is 1. The molecule has 1 aliphatic rings. The van der Waals surface area contributed by atoms with Crippen LogP contribution < -0.4 is 4.90 Å². The van der Waals surface area contributed by atoms with Crippen LogP contribution in [-0.2, 0) is 4.79 Å². The molecular weight excluding hydrogens is 269 g/mol. The highest BCUT2D eigenvalue weighted by atomic mass is 19.1. The molecule has 116 valence electrons. The van der Waals surface area contributed by atoms with Gasteiger partial charge in [0, 0.05) is 11.2 Å². The average molecular weight is 293 g/mol. The Balaban J connectivity index is 2.56. The number of carboxylic acids is 1. The summed E-state index contributed by atoms with van der Waals surface area (Å²) in [6.07, 6.45) is 2.20. The van der Waals surface area contributed by atoms with Crippen LogP contribution in [0, 0.1) is 5.82 Å². The number of anilines is 1. The van der Waals surface area contributed by atoms with E-state index in [-0.39, 0.29) is 17.3 Å². The van der Waals surface area contributed by atoms with Gasteiger partial charge in [-0.05, 0) is 56.4 Å². The van der Waals surface area contributed by atoms with E-state index in [0.29, 0.717) is 6.42 Å². The molecule has 2 rings (SSSR count). The number of hydrogen-bond donors (Lipinski definition) is 1. The Bertz CT molecular complexity index is 542. The van der Waals surface area contributed by atoms with Crippen LogP contribution >= 0.6 is 0 Å². The number of rotatable bonds is 4. The minimum atomic E-state index is -0.810. The summed E-state index contributed by atoms with van der Waals surface area (Å²) < 4.78 is 13.6. The van der Waals surface area contributed by atoms with Crippen molar-refractivity contribution in [2.24, 2.45) is 0 Å². The second-order valence-corrected chi connectivity index (χ2v) is 6.63. The summed E-state index contributed by atoms with van der Waals surface area (Å²) in [5.41, 5.74) is 1.51. The van der Waals surface area contributed by atoms with Crippen molar-refractivity contribution >= 4 is 11.7 Å². The highest BCUT2D eigenvalue weighted by Gasteiger charge is 2.42. The van der Waals surface area contributed by atoms with Crippen LogP contribution in [-0.4, -0.2) is 22.7 Å². The van der Waals surface area contributed by atoms with E-state index in [0.717, 1.165) is 24.1 Å². The van der Waals surface area contributed by atoms with Crippen molar-refractivity contribution in [3.8, 4) is 0 Å². The zero-order chi connectivity index (χ0) is 15.8. The lowest BCUT2D eigenvalue weighted by molar-refractivity contribution is -0.139. The normalized spacial score (nSPS) is 21.8. The number of hydrogen-bond acceptors (Lipinski definition) is 2. The molecule has 1 heterocycles. The van der Waals surface area contributed by atoms with Crippen molar-refractivity contribution in [3.63, 3.8) is 0 Å². The van der Waals surface area contributed by atoms with Gasteiger partial charge in [-0.3, -0.25) is 0 Å². The first kappa shape index (κ1) is 15.8. The van der Waals surface area contributed by atoms with Gasteiger partial charge in [0.2, 0.25) is 0 Å². The van der Waals surface area contributed by atoms with E-state index in [1.54, 1.807) is 12.1 Å². The van der Waals surface area contributed by atoms with Crippen LogP contribution in [0.2, 0.25) is 0 Å². The fourth-order valence-corrected chi connectivity index (χ4v) is 3.65. The second-order valence-electron chi connectivity index (χ2n) is 6.63. The highest BCUT2D eigenvalue weighted by molar-refractivity contribution is 5.80. The first-order valence-electron chi connectivity index (χ1n) is 7.59. The SMILES string of the molecule is CCC[C@@H](C(=O)O)N1c2ccc(F)cc2[C@@H](C)CC1(C)C. The summed E-state index contributed by atoms with van der Waals surface area (Å²) >= 11 is 0. The zero-order valence-corrected chi connectivity index (χ0v) is 13.2. The molecule has 1 aromatic rings. The van der Waals surface area contributed by atoms with E-state index in [2.05, 4.69) is 20.8 Å². The predicted octanol–water partition coefficient (Wildman–Crippen LogP) is 4.17. The summed E-state index contributed by atoms with van der Waals surface area (Å²) in [6, 6.07) is 4.13. The standard InChI is InChI=1S/C17H24FNO2/c1-5-6-15(16(20)21)19-14-8-7-12(18)9-13(14)11(2)10-17(19,3)4/h7-9,11,15H,5-6,10H2,1-4H3,(H,20,21)/t11-,15-/m0/s1. The van der Waals surface area contributed by atoms with Crippen LogP contribution in [0.25, 0.3) is 0 Å². The van der Waals surface area contributed by atoms with E-state index in [4.69, 9.17) is 0 Å². The van der Waals surface area contributed by atoms with Gasteiger partial charge in [-0.15, -0.1) is 0 Å². The van der Waals surface area contributed by atoms with E-state index in [1.807, 2.05) is 11.8 Å². The molecule has 21 heavy (non-hydrogen) atoms. The van der Waals surface area contributed by atoms with Gasteiger partial charge in [-0.1, -0.05) is 20.3 Å². The van der Waals surface area contributed by atoms with Gasteiger partial charge in [0.1, 0.15) is 11.9 Å². The van der Waals surface area contributed by atoms with E-state index >= 15 is 0 Å². The summed E-state index contributed by atoms with van der Waals surface area (Å²) in [4.78, 5) is 13.7. The molecule has 0 radical (unpaired) electrons. The Kier molecular flexibility index (Phi) is 4.26. The predicted molar refractivity (Wildman–Crippen MR) is 82.3 cm³/mol. The minimum absolute atomic E-state index is 0.220. The van der Waals surface area contributed by atoms with Crippen molar-refractivity contribution in [2.75, 3.05) is 4.90 Å². The number of nitrogens with zero attached hydrogens (tertiary/aromatic N) is 1. The molecule has 0 aromatic heterocycles. The molecule has 1 aliphatic heterocycles. The zero-order valence-electron chi connectivity index (χ0n) is 13.2. The maximum atomic E-state index is 13.6. The van der Waals surface area contributed by atoms with E-state index in [9.17, 15) is 14.3 Å².